The van der Waals surface area contributed by atoms with Crippen molar-refractivity contribution in [3.8, 4) is 0 Å². The zero-order valence-electron chi connectivity index (χ0n) is 5.87. The van der Waals surface area contributed by atoms with Gasteiger partial charge in [0.1, 0.15) is 0 Å². The molecule has 1 N–H and O–H groups in total. The second kappa shape index (κ2) is 3.01. The van der Waals surface area contributed by atoms with Crippen LogP contribution in [0.2, 0.25) is 0 Å². The van der Waals surface area contributed by atoms with E-state index in [1.165, 1.54) is 12.1 Å². The van der Waals surface area contributed by atoms with Crippen LogP contribution in [0.5, 0.6) is 0 Å². The Hall–Kier alpha value is -1.57. The number of carbonyl (C=O) groups is 1. The Labute approximate surface area is 64.8 Å². The smallest absolute Gasteiger partial charge is 0.335 e. The molecule has 0 aliphatic heterocycles. The number of hydrogen-bond donors (Lipinski definition) is 1. The first kappa shape index (κ1) is 7.54. The molecule has 0 spiro atoms. The highest BCUT2D eigenvalue weighted by Crippen LogP contribution is 2.03. The second-order valence-corrected chi connectivity index (χ2v) is 2.06. The average Bonchev–Trinajstić information content (AvgIpc) is 2.05. The van der Waals surface area contributed by atoms with Gasteiger partial charge in [-0.15, -0.1) is 0 Å². The van der Waals surface area contributed by atoms with Crippen molar-refractivity contribution in [2.75, 3.05) is 0 Å². The van der Waals surface area contributed by atoms with E-state index < -0.39 is 5.97 Å². The summed E-state index contributed by atoms with van der Waals surface area (Å²) in [7, 11) is 0. The summed E-state index contributed by atoms with van der Waals surface area (Å²) >= 11 is 0. The van der Waals surface area contributed by atoms with Crippen LogP contribution in [0.1, 0.15) is 15.9 Å². The van der Waals surface area contributed by atoms with E-state index in [1.54, 1.807) is 12.1 Å². The summed E-state index contributed by atoms with van der Waals surface area (Å²) < 4.78 is 0. The number of carboxylic acid groups (broad SMARTS) is 1. The lowest BCUT2D eigenvalue weighted by atomic mass is 10.1. The van der Waals surface area contributed by atoms with Crippen LogP contribution in [0, 0.1) is 6.08 Å². The minimum Gasteiger partial charge on any atom is -0.478 e. The van der Waals surface area contributed by atoms with Gasteiger partial charge in [0.15, 0.2) is 0 Å². The molecular formula is C9H7O2. The third-order valence-electron chi connectivity index (χ3n) is 1.34. The van der Waals surface area contributed by atoms with E-state index in [0.29, 0.717) is 0 Å². The largest absolute Gasteiger partial charge is 0.478 e. The van der Waals surface area contributed by atoms with E-state index in [4.69, 9.17) is 5.11 Å². The summed E-state index contributed by atoms with van der Waals surface area (Å²) in [4.78, 5) is 10.4. The van der Waals surface area contributed by atoms with Crippen molar-refractivity contribution < 1.29 is 9.90 Å². The van der Waals surface area contributed by atoms with Gasteiger partial charge in [-0.1, -0.05) is 18.7 Å². The minimum atomic E-state index is -0.916. The highest BCUT2D eigenvalue weighted by Gasteiger charge is 1.99. The van der Waals surface area contributed by atoms with Crippen LogP contribution >= 0.6 is 0 Å². The van der Waals surface area contributed by atoms with Crippen molar-refractivity contribution >= 4 is 5.97 Å². The molecule has 0 heterocycles. The Morgan fingerprint density at radius 1 is 1.36 bits per heavy atom. The normalized spacial score (nSPS) is 9.09. The van der Waals surface area contributed by atoms with Crippen molar-refractivity contribution in [2.24, 2.45) is 0 Å². The Morgan fingerprint density at radius 2 is 1.91 bits per heavy atom. The Kier molecular flexibility index (Phi) is 2.06. The first-order valence-electron chi connectivity index (χ1n) is 3.10. The van der Waals surface area contributed by atoms with E-state index in [1.807, 2.05) is 0 Å². The number of aromatic carboxylic acids is 1. The Bertz CT molecular complexity index is 272. The van der Waals surface area contributed by atoms with Gasteiger partial charge in [-0.2, -0.15) is 0 Å². The molecule has 0 fully saturated rings. The summed E-state index contributed by atoms with van der Waals surface area (Å²) in [5, 5.41) is 8.51. The monoisotopic (exact) mass is 147 g/mol. The van der Waals surface area contributed by atoms with Crippen LogP contribution in [0.4, 0.5) is 0 Å². The Morgan fingerprint density at radius 3 is 2.27 bits per heavy atom. The highest BCUT2D eigenvalue weighted by atomic mass is 16.4. The number of benzene rings is 1. The second-order valence-electron chi connectivity index (χ2n) is 2.06. The van der Waals surface area contributed by atoms with Gasteiger partial charge in [0, 0.05) is 0 Å². The van der Waals surface area contributed by atoms with Gasteiger partial charge in [-0.3, -0.25) is 0 Å². The topological polar surface area (TPSA) is 37.3 Å². The molecule has 0 unspecified atom stereocenters. The van der Waals surface area contributed by atoms with Crippen molar-refractivity contribution in [2.45, 2.75) is 0 Å². The van der Waals surface area contributed by atoms with Gasteiger partial charge in [-0.25, -0.2) is 4.79 Å². The lowest BCUT2D eigenvalue weighted by Gasteiger charge is -1.93. The molecule has 0 saturated carbocycles. The maximum Gasteiger partial charge on any atom is 0.335 e. The van der Waals surface area contributed by atoms with Crippen molar-refractivity contribution in [1.29, 1.82) is 0 Å². The van der Waals surface area contributed by atoms with Crippen molar-refractivity contribution in [3.63, 3.8) is 0 Å². The van der Waals surface area contributed by atoms with Gasteiger partial charge in [0.05, 0.1) is 5.56 Å². The molecule has 2 heteroatoms. The van der Waals surface area contributed by atoms with Crippen LogP contribution in [-0.2, 0) is 0 Å². The van der Waals surface area contributed by atoms with E-state index in [-0.39, 0.29) is 5.56 Å². The SMILES string of the molecule is C=[C]c1ccc(C(=O)O)cc1. The molecule has 0 aromatic heterocycles. The maximum atomic E-state index is 10.4. The quantitative estimate of drug-likeness (QED) is 0.691. The average molecular weight is 147 g/mol. The standard InChI is InChI=1S/C9H7O2/c1-2-7-3-5-8(6-4-7)9(10)11/h3-6H,1H2,(H,10,11). The molecule has 2 nitrogen and oxygen atoms in total. The van der Waals surface area contributed by atoms with Crippen LogP contribution < -0.4 is 0 Å². The summed E-state index contributed by atoms with van der Waals surface area (Å²) in [6.45, 7) is 3.43. The summed E-state index contributed by atoms with van der Waals surface area (Å²) in [6.07, 6.45) is 2.65. The fourth-order valence-electron chi connectivity index (χ4n) is 0.731. The van der Waals surface area contributed by atoms with Crippen LogP contribution in [0.3, 0.4) is 0 Å². The lowest BCUT2D eigenvalue weighted by molar-refractivity contribution is 0.0697. The third kappa shape index (κ3) is 1.67. The molecule has 0 bridgehead atoms. The molecular weight excluding hydrogens is 140 g/mol. The van der Waals surface area contributed by atoms with E-state index in [9.17, 15) is 4.79 Å². The molecule has 11 heavy (non-hydrogen) atoms. The molecule has 0 aliphatic rings. The van der Waals surface area contributed by atoms with Crippen LogP contribution in [0.25, 0.3) is 0 Å². The minimum absolute atomic E-state index is 0.281. The number of hydrogen-bond acceptors (Lipinski definition) is 1. The molecule has 1 aromatic rings. The van der Waals surface area contributed by atoms with Crippen LogP contribution in [-0.4, -0.2) is 11.1 Å². The van der Waals surface area contributed by atoms with Crippen molar-refractivity contribution in [3.05, 3.63) is 48.0 Å². The predicted molar refractivity (Wildman–Crippen MR) is 41.4 cm³/mol. The van der Waals surface area contributed by atoms with Gasteiger partial charge in [0.2, 0.25) is 0 Å². The van der Waals surface area contributed by atoms with Gasteiger partial charge < -0.3 is 5.11 Å². The first-order valence-corrected chi connectivity index (χ1v) is 3.10. The third-order valence-corrected chi connectivity index (χ3v) is 1.34. The fraction of sp³-hybridized carbons (Fsp3) is 0. The van der Waals surface area contributed by atoms with E-state index >= 15 is 0 Å². The summed E-state index contributed by atoms with van der Waals surface area (Å²) in [5.74, 6) is -0.916. The maximum absolute atomic E-state index is 10.4. The number of carboxylic acids is 1. The fourth-order valence-corrected chi connectivity index (χ4v) is 0.731. The molecule has 0 saturated heterocycles. The number of rotatable bonds is 2. The summed E-state index contributed by atoms with van der Waals surface area (Å²) in [6, 6.07) is 6.37. The molecule has 0 aliphatic carbocycles. The zero-order chi connectivity index (χ0) is 8.27. The first-order chi connectivity index (χ1) is 5.24. The van der Waals surface area contributed by atoms with Crippen LogP contribution in [0.15, 0.2) is 30.8 Å². The Balaban J connectivity index is 3.00. The molecule has 1 rings (SSSR count). The van der Waals surface area contributed by atoms with Gasteiger partial charge in [0.25, 0.3) is 0 Å². The zero-order valence-corrected chi connectivity index (χ0v) is 5.87. The highest BCUT2D eigenvalue weighted by molar-refractivity contribution is 5.87. The predicted octanol–water partition coefficient (Wildman–Crippen LogP) is 1.72. The molecule has 0 amide bonds. The molecule has 55 valence electrons. The van der Waals surface area contributed by atoms with Gasteiger partial charge >= 0.3 is 5.97 Å². The molecule has 1 aromatic carbocycles. The molecule has 0 atom stereocenters. The van der Waals surface area contributed by atoms with E-state index in [2.05, 4.69) is 12.7 Å². The van der Waals surface area contributed by atoms with Gasteiger partial charge in [-0.05, 0) is 23.8 Å². The van der Waals surface area contributed by atoms with Crippen molar-refractivity contribution in [1.82, 2.24) is 0 Å². The summed E-state index contributed by atoms with van der Waals surface area (Å²) in [5.41, 5.74) is 1.08. The lowest BCUT2D eigenvalue weighted by Crippen LogP contribution is -1.94. The van der Waals surface area contributed by atoms with E-state index in [0.717, 1.165) is 5.56 Å². The molecule has 1 radical (unpaired) electrons.